The van der Waals surface area contributed by atoms with E-state index in [9.17, 15) is 50.8 Å². The van der Waals surface area contributed by atoms with Gasteiger partial charge in [0.05, 0.1) is 12.6 Å². The first-order valence-electron chi connectivity index (χ1n) is 15.3. The highest BCUT2D eigenvalue weighted by Gasteiger charge is 2.65. The van der Waals surface area contributed by atoms with Crippen molar-refractivity contribution in [2.75, 3.05) is 18.4 Å². The van der Waals surface area contributed by atoms with Crippen molar-refractivity contribution in [1.82, 2.24) is 20.1 Å². The summed E-state index contributed by atoms with van der Waals surface area (Å²) in [5.41, 5.74) is -4.50. The lowest BCUT2D eigenvalue weighted by atomic mass is 9.77. The standard InChI is InChI=1S/C30H31F7N6O5/c1-27(2,3)21(40-26(47)30(35,36)37)24(45)42-10-15-12-6-14(16(31)7-12)19(15)20(42)23(44)43-11-28(8-13(43)9-38)25(46)41-22-17(48-28)4-5-18(39-22)29(32,33)34/h4-5,12-16,19-21H,6-8,10-11H2,1-3H3,(H,40,47)(H,39,41,46). The van der Waals surface area contributed by atoms with Gasteiger partial charge in [-0.05, 0) is 54.1 Å². The van der Waals surface area contributed by atoms with Crippen molar-refractivity contribution in [2.45, 2.75) is 82.3 Å². The van der Waals surface area contributed by atoms with Gasteiger partial charge in [0.25, 0.3) is 5.91 Å². The SMILES string of the molecule is CC(C)(C)C(NC(=O)C(F)(F)F)C(=O)N1CC2C3CC(F)C(C3)C2C1C(=O)N1CC2(CC1C#N)Oc1ccc(C(F)(F)F)nc1NC2=O. The van der Waals surface area contributed by atoms with Gasteiger partial charge >= 0.3 is 18.3 Å². The maximum absolute atomic E-state index is 15.2. The predicted molar refractivity (Wildman–Crippen MR) is 148 cm³/mol. The molecule has 2 N–H and O–H groups in total. The van der Waals surface area contributed by atoms with Gasteiger partial charge in [0.2, 0.25) is 17.4 Å². The zero-order chi connectivity index (χ0) is 35.3. The lowest BCUT2D eigenvalue weighted by Gasteiger charge is -2.39. The van der Waals surface area contributed by atoms with Gasteiger partial charge in [-0.3, -0.25) is 19.2 Å². The Balaban J connectivity index is 1.33. The van der Waals surface area contributed by atoms with E-state index in [1.807, 2.05) is 6.07 Å². The number of nitrogens with zero attached hydrogens (tertiary/aromatic N) is 4. The number of fused-ring (bicyclic) bond motifs is 6. The summed E-state index contributed by atoms with van der Waals surface area (Å²) in [6.45, 7) is 3.62. The summed E-state index contributed by atoms with van der Waals surface area (Å²) in [5.74, 6) is -7.94. The number of nitriles is 1. The molecule has 48 heavy (non-hydrogen) atoms. The summed E-state index contributed by atoms with van der Waals surface area (Å²) >= 11 is 0. The molecule has 4 amide bonds. The second-order valence-electron chi connectivity index (χ2n) is 14.3. The van der Waals surface area contributed by atoms with Crippen molar-refractivity contribution in [3.05, 3.63) is 17.8 Å². The maximum atomic E-state index is 15.2. The minimum Gasteiger partial charge on any atom is -0.472 e. The molecule has 4 fully saturated rings. The number of pyridine rings is 1. The van der Waals surface area contributed by atoms with Crippen molar-refractivity contribution in [2.24, 2.45) is 29.1 Å². The molecule has 3 aliphatic heterocycles. The van der Waals surface area contributed by atoms with Crippen molar-refractivity contribution >= 4 is 29.4 Å². The second kappa shape index (κ2) is 10.9. The fraction of sp³-hybridized carbons (Fsp3) is 0.667. The molecule has 2 saturated heterocycles. The van der Waals surface area contributed by atoms with Crippen LogP contribution in [0.2, 0.25) is 0 Å². The minimum atomic E-state index is -5.31. The Hall–Kier alpha value is -4.17. The van der Waals surface area contributed by atoms with Gasteiger partial charge in [-0.2, -0.15) is 31.6 Å². The van der Waals surface area contributed by atoms with Gasteiger partial charge in [0.1, 0.15) is 30.0 Å². The first-order chi connectivity index (χ1) is 22.2. The average Bonchev–Trinajstić information content (AvgIpc) is 3.73. The van der Waals surface area contributed by atoms with Crippen LogP contribution in [0.5, 0.6) is 5.75 Å². The molecule has 2 saturated carbocycles. The van der Waals surface area contributed by atoms with E-state index in [1.54, 1.807) is 5.32 Å². The van der Waals surface area contributed by atoms with Crippen molar-refractivity contribution in [3.8, 4) is 11.8 Å². The molecule has 1 spiro atoms. The highest BCUT2D eigenvalue weighted by Crippen LogP contribution is 2.59. The number of likely N-dealkylation sites (tertiary alicyclic amines) is 2. The molecule has 18 heteroatoms. The Morgan fingerprint density at radius 2 is 1.79 bits per heavy atom. The fourth-order valence-electron chi connectivity index (χ4n) is 8.16. The number of ether oxygens (including phenoxy) is 1. The van der Waals surface area contributed by atoms with Gasteiger partial charge in [0, 0.05) is 13.0 Å². The molecule has 0 radical (unpaired) electrons. The van der Waals surface area contributed by atoms with Crippen LogP contribution in [0.3, 0.4) is 0 Å². The van der Waals surface area contributed by atoms with Gasteiger partial charge in [-0.1, -0.05) is 20.8 Å². The summed E-state index contributed by atoms with van der Waals surface area (Å²) in [6.07, 6.45) is -11.2. The lowest BCUT2D eigenvalue weighted by Crippen LogP contribution is -2.61. The van der Waals surface area contributed by atoms with E-state index in [4.69, 9.17) is 4.74 Å². The van der Waals surface area contributed by atoms with Crippen LogP contribution in [-0.4, -0.2) is 87.6 Å². The fourth-order valence-corrected chi connectivity index (χ4v) is 8.16. The summed E-state index contributed by atoms with van der Waals surface area (Å²) in [5, 5.41) is 14.1. The number of alkyl halides is 7. The Kier molecular flexibility index (Phi) is 7.67. The van der Waals surface area contributed by atoms with E-state index in [1.165, 1.54) is 20.8 Å². The third-order valence-corrected chi connectivity index (χ3v) is 10.3. The molecule has 0 aromatic carbocycles. The minimum absolute atomic E-state index is 0.101. The molecule has 9 atom stereocenters. The number of amides is 4. The summed E-state index contributed by atoms with van der Waals surface area (Å²) in [6, 6.07) is -1.02. The molecule has 6 rings (SSSR count). The van der Waals surface area contributed by atoms with Gasteiger partial charge in [0.15, 0.2) is 11.6 Å². The molecule has 1 aromatic rings. The Morgan fingerprint density at radius 3 is 2.40 bits per heavy atom. The van der Waals surface area contributed by atoms with Gasteiger partial charge < -0.3 is 25.2 Å². The molecular formula is C30H31F7N6O5. The Morgan fingerprint density at radius 1 is 1.10 bits per heavy atom. The number of nitrogens with one attached hydrogen (secondary N) is 2. The number of carbonyl (C=O) groups is 4. The van der Waals surface area contributed by atoms with Crippen LogP contribution >= 0.6 is 0 Å². The monoisotopic (exact) mass is 688 g/mol. The molecule has 1 aromatic heterocycles. The zero-order valence-corrected chi connectivity index (χ0v) is 25.8. The predicted octanol–water partition coefficient (Wildman–Crippen LogP) is 3.21. The molecule has 9 unspecified atom stereocenters. The normalized spacial score (nSPS) is 33.1. The number of halogens is 7. The smallest absolute Gasteiger partial charge is 0.471 e. The molecule has 5 aliphatic rings. The van der Waals surface area contributed by atoms with Crippen LogP contribution in [-0.2, 0) is 25.4 Å². The molecular weight excluding hydrogens is 657 g/mol. The third-order valence-electron chi connectivity index (χ3n) is 10.3. The van der Waals surface area contributed by atoms with E-state index in [2.05, 4.69) is 10.3 Å². The van der Waals surface area contributed by atoms with Crippen LogP contribution in [0.25, 0.3) is 0 Å². The first-order valence-corrected chi connectivity index (χ1v) is 15.3. The van der Waals surface area contributed by atoms with Crippen LogP contribution < -0.4 is 15.4 Å². The molecule has 4 heterocycles. The topological polar surface area (TPSA) is 145 Å². The first kappa shape index (κ1) is 33.7. The van der Waals surface area contributed by atoms with Gasteiger partial charge in [-0.15, -0.1) is 0 Å². The van der Waals surface area contributed by atoms with E-state index in [0.717, 1.165) is 15.9 Å². The van der Waals surface area contributed by atoms with E-state index in [0.29, 0.717) is 12.5 Å². The number of hydrogen-bond acceptors (Lipinski definition) is 7. The highest BCUT2D eigenvalue weighted by molar-refractivity contribution is 6.01. The van der Waals surface area contributed by atoms with E-state index >= 15 is 4.39 Å². The van der Waals surface area contributed by atoms with Crippen LogP contribution in [0.15, 0.2) is 12.1 Å². The maximum Gasteiger partial charge on any atom is 0.471 e. The number of rotatable bonds is 3. The number of carbonyl (C=O) groups excluding carboxylic acids is 4. The van der Waals surface area contributed by atoms with Crippen molar-refractivity contribution in [3.63, 3.8) is 0 Å². The summed E-state index contributed by atoms with van der Waals surface area (Å²) < 4.78 is 100. The lowest BCUT2D eigenvalue weighted by molar-refractivity contribution is -0.176. The van der Waals surface area contributed by atoms with Crippen LogP contribution in [0, 0.1) is 40.4 Å². The van der Waals surface area contributed by atoms with Crippen molar-refractivity contribution in [1.29, 1.82) is 5.26 Å². The third kappa shape index (κ3) is 5.38. The van der Waals surface area contributed by atoms with E-state index in [-0.39, 0.29) is 30.6 Å². The van der Waals surface area contributed by atoms with E-state index < -0.39 is 108 Å². The average molecular weight is 689 g/mol. The number of hydrogen-bond donors (Lipinski definition) is 2. The Labute approximate surface area is 269 Å². The molecule has 11 nitrogen and oxygen atoms in total. The van der Waals surface area contributed by atoms with Crippen molar-refractivity contribution < 1.29 is 54.6 Å². The van der Waals surface area contributed by atoms with Gasteiger partial charge in [-0.25, -0.2) is 9.37 Å². The summed E-state index contributed by atoms with van der Waals surface area (Å²) in [7, 11) is 0. The van der Waals surface area contributed by atoms with Crippen LogP contribution in [0.1, 0.15) is 45.7 Å². The largest absolute Gasteiger partial charge is 0.472 e. The second-order valence-corrected chi connectivity index (χ2v) is 14.3. The molecule has 2 bridgehead atoms. The van der Waals surface area contributed by atoms with Crippen LogP contribution in [0.4, 0.5) is 36.6 Å². The number of aromatic nitrogens is 1. The summed E-state index contributed by atoms with van der Waals surface area (Å²) in [4.78, 5) is 59.4. The quantitative estimate of drug-likeness (QED) is 0.465. The number of anilines is 1. The molecule has 260 valence electrons. The Bertz CT molecular complexity index is 1610. The zero-order valence-electron chi connectivity index (χ0n) is 25.8. The molecule has 2 aliphatic carbocycles. The highest BCUT2D eigenvalue weighted by atomic mass is 19.4.